The highest BCUT2D eigenvalue weighted by molar-refractivity contribution is 8.00. The fourth-order valence-electron chi connectivity index (χ4n) is 0.794. The van der Waals surface area contributed by atoms with Crippen LogP contribution in [0, 0.1) is 0 Å². The van der Waals surface area contributed by atoms with Gasteiger partial charge in [-0.05, 0) is 19.1 Å². The third-order valence-corrected chi connectivity index (χ3v) is 3.47. The zero-order valence-corrected chi connectivity index (χ0v) is 9.34. The highest BCUT2D eigenvalue weighted by atomic mass is 35.5. The Morgan fingerprint density at radius 2 is 1.92 bits per heavy atom. The van der Waals surface area contributed by atoms with Crippen molar-refractivity contribution < 1.29 is 4.79 Å². The molecule has 0 aliphatic heterocycles. The molecule has 0 amide bonds. The zero-order valence-electron chi connectivity index (χ0n) is 7.01. The van der Waals surface area contributed by atoms with Crippen molar-refractivity contribution in [3.05, 3.63) is 28.2 Å². The van der Waals surface area contributed by atoms with Crippen LogP contribution in [0.2, 0.25) is 10.0 Å². The van der Waals surface area contributed by atoms with Gasteiger partial charge in [0.05, 0.1) is 15.8 Å². The number of Topliss-reactive ketones (excluding diaryl/α,β-unsaturated/α-hetero) is 1. The summed E-state index contributed by atoms with van der Waals surface area (Å²) in [6.45, 7) is 1.54. The molecule has 1 nitrogen and oxygen atoms in total. The number of hydrogen-bond acceptors (Lipinski definition) is 2. The van der Waals surface area contributed by atoms with E-state index in [1.807, 2.05) is 0 Å². The van der Waals surface area contributed by atoms with Gasteiger partial charge in [0.15, 0.2) is 0 Å². The average molecular weight is 235 g/mol. The maximum atomic E-state index is 10.7. The molecule has 0 heterocycles. The summed E-state index contributed by atoms with van der Waals surface area (Å²) in [4.78, 5) is 11.5. The smallest absolute Gasteiger partial charge is 0.140 e. The van der Waals surface area contributed by atoms with Crippen LogP contribution < -0.4 is 0 Å². The molecule has 1 aromatic carbocycles. The number of carbonyl (C=O) groups excluding carboxylic acids is 1. The van der Waals surface area contributed by atoms with Crippen LogP contribution in [-0.2, 0) is 4.79 Å². The van der Waals surface area contributed by atoms with Gasteiger partial charge in [0.25, 0.3) is 0 Å². The van der Waals surface area contributed by atoms with E-state index >= 15 is 0 Å². The van der Waals surface area contributed by atoms with Crippen LogP contribution in [0.1, 0.15) is 6.92 Å². The first-order valence-electron chi connectivity index (χ1n) is 3.67. The van der Waals surface area contributed by atoms with Crippen LogP contribution in [0.15, 0.2) is 23.1 Å². The number of ketones is 1. The number of thioether (sulfide) groups is 1. The van der Waals surface area contributed by atoms with E-state index in [0.717, 1.165) is 4.90 Å². The number of hydrogen-bond donors (Lipinski definition) is 0. The molecule has 0 aliphatic rings. The van der Waals surface area contributed by atoms with Gasteiger partial charge in [-0.1, -0.05) is 29.3 Å². The van der Waals surface area contributed by atoms with Crippen molar-refractivity contribution in [3.8, 4) is 0 Å². The van der Waals surface area contributed by atoms with E-state index in [4.69, 9.17) is 23.2 Å². The molecule has 0 saturated carbocycles. The van der Waals surface area contributed by atoms with Crippen molar-refractivity contribution in [2.45, 2.75) is 11.8 Å². The lowest BCUT2D eigenvalue weighted by Crippen LogP contribution is -1.93. The van der Waals surface area contributed by atoms with E-state index in [1.54, 1.807) is 18.2 Å². The third-order valence-electron chi connectivity index (χ3n) is 1.34. The summed E-state index contributed by atoms with van der Waals surface area (Å²) < 4.78 is 0. The lowest BCUT2D eigenvalue weighted by atomic mass is 10.4. The van der Waals surface area contributed by atoms with E-state index in [0.29, 0.717) is 15.8 Å². The minimum absolute atomic E-state index is 0.112. The van der Waals surface area contributed by atoms with Gasteiger partial charge < -0.3 is 0 Å². The highest BCUT2D eigenvalue weighted by Crippen LogP contribution is 2.33. The fourth-order valence-corrected chi connectivity index (χ4v) is 2.28. The van der Waals surface area contributed by atoms with Gasteiger partial charge in [-0.15, -0.1) is 11.8 Å². The summed E-state index contributed by atoms with van der Waals surface area (Å²) in [5.74, 6) is 0.518. The van der Waals surface area contributed by atoms with Crippen LogP contribution in [0.25, 0.3) is 0 Å². The lowest BCUT2D eigenvalue weighted by molar-refractivity contribution is -0.114. The summed E-state index contributed by atoms with van der Waals surface area (Å²) in [6.07, 6.45) is 0. The second kappa shape index (κ2) is 4.89. The van der Waals surface area contributed by atoms with Gasteiger partial charge in [0.1, 0.15) is 5.78 Å². The van der Waals surface area contributed by atoms with Crippen molar-refractivity contribution in [2.24, 2.45) is 0 Å². The second-order valence-corrected chi connectivity index (χ2v) is 4.34. The number of benzene rings is 1. The molecule has 1 rings (SSSR count). The summed E-state index contributed by atoms with van der Waals surface area (Å²) >= 11 is 13.2. The summed E-state index contributed by atoms with van der Waals surface area (Å²) in [5, 5.41) is 1.19. The quantitative estimate of drug-likeness (QED) is 0.743. The molecule has 0 atom stereocenters. The first kappa shape index (κ1) is 10.9. The standard InChI is InChI=1S/C9H8Cl2OS/c1-6(12)5-13-9-7(10)3-2-4-8(9)11/h2-4H,5H2,1H3. The van der Waals surface area contributed by atoms with E-state index in [1.165, 1.54) is 18.7 Å². The Hall–Kier alpha value is -0.180. The molecule has 0 radical (unpaired) electrons. The van der Waals surface area contributed by atoms with Gasteiger partial charge >= 0.3 is 0 Å². The van der Waals surface area contributed by atoms with Gasteiger partial charge in [0, 0.05) is 4.90 Å². The molecule has 0 bridgehead atoms. The molecule has 4 heteroatoms. The van der Waals surface area contributed by atoms with Crippen LogP contribution in [0.5, 0.6) is 0 Å². The Morgan fingerprint density at radius 1 is 1.38 bits per heavy atom. The maximum Gasteiger partial charge on any atom is 0.140 e. The number of halogens is 2. The Morgan fingerprint density at radius 3 is 2.38 bits per heavy atom. The van der Waals surface area contributed by atoms with Crippen LogP contribution in [0.4, 0.5) is 0 Å². The molecule has 0 spiro atoms. The molecule has 0 aromatic heterocycles. The fraction of sp³-hybridized carbons (Fsp3) is 0.222. The molecule has 0 fully saturated rings. The Kier molecular flexibility index (Phi) is 4.10. The monoisotopic (exact) mass is 234 g/mol. The predicted octanol–water partition coefficient (Wildman–Crippen LogP) is 3.67. The molecular weight excluding hydrogens is 227 g/mol. The van der Waals surface area contributed by atoms with Crippen molar-refractivity contribution in [2.75, 3.05) is 5.75 Å². The molecule has 0 unspecified atom stereocenters. The summed E-state index contributed by atoms with van der Waals surface area (Å²) in [6, 6.07) is 5.30. The van der Waals surface area contributed by atoms with Gasteiger partial charge in [-0.25, -0.2) is 0 Å². The summed E-state index contributed by atoms with van der Waals surface area (Å²) in [7, 11) is 0. The van der Waals surface area contributed by atoms with Crippen molar-refractivity contribution >= 4 is 40.7 Å². The molecular formula is C9H8Cl2OS. The number of rotatable bonds is 3. The topological polar surface area (TPSA) is 17.1 Å². The molecule has 13 heavy (non-hydrogen) atoms. The van der Waals surface area contributed by atoms with Crippen molar-refractivity contribution in [3.63, 3.8) is 0 Å². The minimum Gasteiger partial charge on any atom is -0.299 e. The second-order valence-electron chi connectivity index (χ2n) is 2.54. The van der Waals surface area contributed by atoms with Gasteiger partial charge in [-0.3, -0.25) is 4.79 Å². The Balaban J connectivity index is 2.81. The van der Waals surface area contributed by atoms with Crippen LogP contribution in [0.3, 0.4) is 0 Å². The lowest BCUT2D eigenvalue weighted by Gasteiger charge is -2.03. The van der Waals surface area contributed by atoms with Crippen molar-refractivity contribution in [1.29, 1.82) is 0 Å². The number of carbonyl (C=O) groups is 1. The minimum atomic E-state index is 0.112. The normalized spacial score (nSPS) is 10.1. The highest BCUT2D eigenvalue weighted by Gasteiger charge is 2.06. The van der Waals surface area contributed by atoms with Gasteiger partial charge in [0.2, 0.25) is 0 Å². The van der Waals surface area contributed by atoms with Crippen molar-refractivity contribution in [1.82, 2.24) is 0 Å². The molecule has 1 aromatic rings. The summed E-state index contributed by atoms with van der Waals surface area (Å²) in [5.41, 5.74) is 0. The zero-order chi connectivity index (χ0) is 9.84. The predicted molar refractivity (Wildman–Crippen MR) is 57.9 cm³/mol. The molecule has 0 aliphatic carbocycles. The molecule has 0 N–H and O–H groups in total. The van der Waals surface area contributed by atoms with Gasteiger partial charge in [-0.2, -0.15) is 0 Å². The maximum absolute atomic E-state index is 10.7. The van der Waals surface area contributed by atoms with Crippen LogP contribution in [-0.4, -0.2) is 11.5 Å². The Bertz CT molecular complexity index is 305. The largest absolute Gasteiger partial charge is 0.299 e. The van der Waals surface area contributed by atoms with Crippen LogP contribution >= 0.6 is 35.0 Å². The first-order chi connectivity index (χ1) is 6.11. The molecule has 0 saturated heterocycles. The first-order valence-corrected chi connectivity index (χ1v) is 5.41. The van der Waals surface area contributed by atoms with E-state index in [2.05, 4.69) is 0 Å². The van der Waals surface area contributed by atoms with E-state index < -0.39 is 0 Å². The SMILES string of the molecule is CC(=O)CSc1c(Cl)cccc1Cl. The third kappa shape index (κ3) is 3.22. The van der Waals surface area contributed by atoms with E-state index in [9.17, 15) is 4.79 Å². The average Bonchev–Trinajstić information content (AvgIpc) is 2.03. The Labute approximate surface area is 91.4 Å². The van der Waals surface area contributed by atoms with E-state index in [-0.39, 0.29) is 5.78 Å². The molecule has 70 valence electrons.